The average Bonchev–Trinajstić information content (AvgIpc) is 2.17. The Morgan fingerprint density at radius 1 is 1.33 bits per heavy atom. The van der Waals surface area contributed by atoms with E-state index in [0.717, 1.165) is 12.1 Å². The molecule has 0 saturated carbocycles. The van der Waals surface area contributed by atoms with E-state index in [1.807, 2.05) is 4.90 Å². The molecule has 0 aromatic heterocycles. The summed E-state index contributed by atoms with van der Waals surface area (Å²) in [5.74, 6) is 1.05. The third kappa shape index (κ3) is 1.64. The van der Waals surface area contributed by atoms with Crippen LogP contribution in [-0.4, -0.2) is 25.8 Å². The molecular formula is C10H21N2+. The molecule has 0 aromatic carbocycles. The van der Waals surface area contributed by atoms with Gasteiger partial charge in [-0.25, -0.2) is 0 Å². The molecule has 2 nitrogen and oxygen atoms in total. The van der Waals surface area contributed by atoms with Gasteiger partial charge < -0.3 is 4.90 Å². The Bertz CT molecular complexity index is 139. The summed E-state index contributed by atoms with van der Waals surface area (Å²) in [6.45, 7) is 6.30. The molecule has 3 aliphatic heterocycles. The Kier molecular flexibility index (Phi) is 2.66. The van der Waals surface area contributed by atoms with E-state index in [4.69, 9.17) is 0 Å². The topological polar surface area (TPSA) is 16.5 Å². The van der Waals surface area contributed by atoms with Gasteiger partial charge in [-0.05, 0) is 25.2 Å². The van der Waals surface area contributed by atoms with Crippen molar-refractivity contribution in [2.24, 2.45) is 5.92 Å². The summed E-state index contributed by atoms with van der Waals surface area (Å²) >= 11 is 0. The largest absolute Gasteiger partial charge is 0.320 e. The van der Waals surface area contributed by atoms with Gasteiger partial charge in [-0.1, -0.05) is 6.92 Å². The first-order valence-electron chi connectivity index (χ1n) is 5.48. The molecule has 0 amide bonds. The minimum absolute atomic E-state index is 0.803. The first-order valence-corrected chi connectivity index (χ1v) is 5.48. The van der Waals surface area contributed by atoms with Crippen molar-refractivity contribution in [3.05, 3.63) is 0 Å². The number of rotatable bonds is 3. The number of fused-ring (bicyclic) bond motifs is 3. The van der Waals surface area contributed by atoms with Crippen molar-refractivity contribution in [3.8, 4) is 0 Å². The second-order valence-corrected chi connectivity index (χ2v) is 4.34. The van der Waals surface area contributed by atoms with Crippen LogP contribution in [0.15, 0.2) is 0 Å². The summed E-state index contributed by atoms with van der Waals surface area (Å²) in [6, 6.07) is 0. The molecular weight excluding hydrogens is 148 g/mol. The van der Waals surface area contributed by atoms with Crippen LogP contribution < -0.4 is 10.2 Å². The highest BCUT2D eigenvalue weighted by atomic mass is 15.3. The number of nitrogens with one attached hydrogen (secondary N) is 2. The molecule has 2 N–H and O–H groups in total. The van der Waals surface area contributed by atoms with Crippen LogP contribution in [0.4, 0.5) is 0 Å². The molecule has 3 rings (SSSR count). The monoisotopic (exact) mass is 169 g/mol. The Balaban J connectivity index is 1.82. The van der Waals surface area contributed by atoms with Gasteiger partial charge in [0.25, 0.3) is 0 Å². The summed E-state index contributed by atoms with van der Waals surface area (Å²) in [7, 11) is 0. The van der Waals surface area contributed by atoms with Crippen molar-refractivity contribution in [2.45, 2.75) is 38.8 Å². The molecule has 3 aliphatic rings. The van der Waals surface area contributed by atoms with Gasteiger partial charge in [0.05, 0.1) is 13.1 Å². The normalized spacial score (nSPS) is 40.2. The molecule has 1 atom stereocenters. The molecule has 0 aliphatic carbocycles. The molecule has 3 saturated heterocycles. The SMILES string of the molecule is CCCNC1CC2CC[NH+]1CC2. The minimum atomic E-state index is 0.803. The molecule has 3 heterocycles. The van der Waals surface area contributed by atoms with E-state index in [1.54, 1.807) is 0 Å². The fourth-order valence-corrected chi connectivity index (χ4v) is 2.68. The quantitative estimate of drug-likeness (QED) is 0.608. The van der Waals surface area contributed by atoms with E-state index < -0.39 is 0 Å². The van der Waals surface area contributed by atoms with Crippen LogP contribution in [0.5, 0.6) is 0 Å². The maximum atomic E-state index is 3.67. The van der Waals surface area contributed by atoms with Crippen LogP contribution in [0.1, 0.15) is 32.6 Å². The van der Waals surface area contributed by atoms with E-state index in [0.29, 0.717) is 0 Å². The predicted molar refractivity (Wildman–Crippen MR) is 50.1 cm³/mol. The maximum Gasteiger partial charge on any atom is 0.141 e. The third-order valence-corrected chi connectivity index (χ3v) is 3.45. The van der Waals surface area contributed by atoms with Crippen LogP contribution in [0.3, 0.4) is 0 Å². The second kappa shape index (κ2) is 3.75. The van der Waals surface area contributed by atoms with Gasteiger partial charge in [0.2, 0.25) is 0 Å². The Labute approximate surface area is 75.3 Å². The highest BCUT2D eigenvalue weighted by Gasteiger charge is 2.36. The lowest BCUT2D eigenvalue weighted by atomic mass is 9.86. The molecule has 2 bridgehead atoms. The summed E-state index contributed by atoms with van der Waals surface area (Å²) in [6.07, 6.45) is 6.49. The smallest absolute Gasteiger partial charge is 0.141 e. The Morgan fingerprint density at radius 3 is 2.58 bits per heavy atom. The molecule has 0 aromatic rings. The molecule has 1 unspecified atom stereocenters. The third-order valence-electron chi connectivity index (χ3n) is 3.45. The number of quaternary nitrogens is 1. The van der Waals surface area contributed by atoms with Crippen molar-refractivity contribution in [1.29, 1.82) is 0 Å². The van der Waals surface area contributed by atoms with Crippen molar-refractivity contribution >= 4 is 0 Å². The van der Waals surface area contributed by atoms with E-state index in [1.165, 1.54) is 45.3 Å². The van der Waals surface area contributed by atoms with Crippen LogP contribution in [0.25, 0.3) is 0 Å². The van der Waals surface area contributed by atoms with Gasteiger partial charge in [0.15, 0.2) is 0 Å². The predicted octanol–water partition coefficient (Wildman–Crippen LogP) is 0.0107. The minimum Gasteiger partial charge on any atom is -0.320 e. The highest BCUT2D eigenvalue weighted by Crippen LogP contribution is 2.19. The summed E-state index contributed by atoms with van der Waals surface area (Å²) < 4.78 is 0. The first kappa shape index (κ1) is 8.52. The van der Waals surface area contributed by atoms with Crippen molar-refractivity contribution in [2.75, 3.05) is 19.6 Å². The van der Waals surface area contributed by atoms with E-state index >= 15 is 0 Å². The zero-order valence-corrected chi connectivity index (χ0v) is 8.10. The lowest BCUT2D eigenvalue weighted by Gasteiger charge is -2.42. The summed E-state index contributed by atoms with van der Waals surface area (Å²) in [4.78, 5) is 1.82. The van der Waals surface area contributed by atoms with Crippen molar-refractivity contribution < 1.29 is 4.90 Å². The number of hydrogen-bond acceptors (Lipinski definition) is 1. The van der Waals surface area contributed by atoms with Crippen LogP contribution in [0, 0.1) is 5.92 Å². The fourth-order valence-electron chi connectivity index (χ4n) is 2.68. The number of hydrogen-bond donors (Lipinski definition) is 2. The van der Waals surface area contributed by atoms with E-state index in [-0.39, 0.29) is 0 Å². The average molecular weight is 169 g/mol. The first-order chi connectivity index (χ1) is 5.90. The van der Waals surface area contributed by atoms with Gasteiger partial charge in [0.1, 0.15) is 6.17 Å². The molecule has 0 radical (unpaired) electrons. The zero-order valence-electron chi connectivity index (χ0n) is 8.10. The van der Waals surface area contributed by atoms with Crippen LogP contribution >= 0.6 is 0 Å². The lowest BCUT2D eigenvalue weighted by Crippen LogP contribution is -3.20. The van der Waals surface area contributed by atoms with Crippen molar-refractivity contribution in [3.63, 3.8) is 0 Å². The Morgan fingerprint density at radius 2 is 2.08 bits per heavy atom. The van der Waals surface area contributed by atoms with E-state index in [9.17, 15) is 0 Å². The lowest BCUT2D eigenvalue weighted by molar-refractivity contribution is -0.945. The van der Waals surface area contributed by atoms with Crippen molar-refractivity contribution in [1.82, 2.24) is 5.32 Å². The van der Waals surface area contributed by atoms with Gasteiger partial charge in [-0.2, -0.15) is 0 Å². The van der Waals surface area contributed by atoms with Crippen LogP contribution in [-0.2, 0) is 0 Å². The second-order valence-electron chi connectivity index (χ2n) is 4.34. The summed E-state index contributed by atoms with van der Waals surface area (Å²) in [5.41, 5.74) is 0. The standard InChI is InChI=1S/C10H20N2/c1-2-5-11-10-8-9-3-6-12(10)7-4-9/h9-11H,2-8H2,1H3/p+1. The highest BCUT2D eigenvalue weighted by molar-refractivity contribution is 4.73. The van der Waals surface area contributed by atoms with Gasteiger partial charge in [0, 0.05) is 13.0 Å². The molecule has 0 spiro atoms. The maximum absolute atomic E-state index is 3.67. The van der Waals surface area contributed by atoms with Gasteiger partial charge in [-0.3, -0.25) is 5.32 Å². The zero-order chi connectivity index (χ0) is 8.39. The molecule has 2 heteroatoms. The number of piperidine rings is 3. The van der Waals surface area contributed by atoms with E-state index in [2.05, 4.69) is 12.2 Å². The molecule has 12 heavy (non-hydrogen) atoms. The molecule has 70 valence electrons. The fraction of sp³-hybridized carbons (Fsp3) is 1.00. The molecule has 3 fully saturated rings. The Hall–Kier alpha value is -0.0800. The van der Waals surface area contributed by atoms with Crippen LogP contribution in [0.2, 0.25) is 0 Å². The van der Waals surface area contributed by atoms with Gasteiger partial charge in [-0.15, -0.1) is 0 Å². The summed E-state index contributed by atoms with van der Waals surface area (Å²) in [5, 5.41) is 3.67. The van der Waals surface area contributed by atoms with Gasteiger partial charge >= 0.3 is 0 Å².